The molecule has 0 saturated heterocycles. The van der Waals surface area contributed by atoms with Gasteiger partial charge in [-0.2, -0.15) is 0 Å². The van der Waals surface area contributed by atoms with Gasteiger partial charge < -0.3 is 65.7 Å². The number of hydrogen-bond acceptors (Lipinski definition) is 16. The number of fused-ring (bicyclic) bond motifs is 26. The lowest BCUT2D eigenvalue weighted by Gasteiger charge is -2.23. The topological polar surface area (TPSA) is 171 Å². The maximum absolute atomic E-state index is 12.3. The molecule has 2 aromatic heterocycles. The molecule has 0 unspecified atom stereocenters. The second-order valence-electron chi connectivity index (χ2n) is 19.7. The van der Waals surface area contributed by atoms with E-state index >= 15 is 0 Å². The Morgan fingerprint density at radius 3 is 0.787 bits per heavy atom. The first-order valence-electron chi connectivity index (χ1n) is 27.2. The molecule has 5 aliphatic rings. The zero-order valence-electron chi connectivity index (χ0n) is 45.1. The Kier molecular flexibility index (Phi) is 17.4. The minimum absolute atomic E-state index is 0.195. The van der Waals surface area contributed by atoms with Gasteiger partial charge in [0.1, 0.15) is 87.0 Å². The summed E-state index contributed by atoms with van der Waals surface area (Å²) in [5.41, 5.74) is 9.22. The monoisotopic (exact) mass is 1090 g/mol. The molecule has 4 aliphatic heterocycles. The van der Waals surface area contributed by atoms with Crippen molar-refractivity contribution in [2.75, 3.05) is 106 Å². The highest BCUT2D eigenvalue weighted by Gasteiger charge is 2.23. The lowest BCUT2D eigenvalue weighted by atomic mass is 9.91. The number of rotatable bonds is 0. The molecule has 16 heteroatoms. The van der Waals surface area contributed by atoms with Crippen molar-refractivity contribution in [3.8, 4) is 46.0 Å². The van der Waals surface area contributed by atoms with Crippen LogP contribution < -0.4 is 49.1 Å². The molecule has 6 heterocycles. The number of aryl methyl sites for hydroxylation is 2. The van der Waals surface area contributed by atoms with E-state index in [4.69, 9.17) is 65.7 Å². The maximum atomic E-state index is 12.3. The largest absolute Gasteiger partial charge is 0.491 e. The van der Waals surface area contributed by atoms with Crippen LogP contribution in [-0.2, 0) is 44.6 Å². The zero-order valence-corrected chi connectivity index (χ0v) is 45.1. The number of ether oxygens (including phenoxy) is 12. The molecule has 0 fully saturated rings. The Morgan fingerprint density at radius 1 is 0.287 bits per heavy atom. The van der Waals surface area contributed by atoms with E-state index in [0.29, 0.717) is 59.8 Å². The third-order valence-corrected chi connectivity index (χ3v) is 14.1. The molecule has 80 heavy (non-hydrogen) atoms. The highest BCUT2D eigenvalue weighted by molar-refractivity contribution is 5.84. The van der Waals surface area contributed by atoms with Crippen LogP contribution in [-0.4, -0.2) is 106 Å². The molecule has 0 N–H and O–H groups in total. The van der Waals surface area contributed by atoms with Crippen LogP contribution in [0.1, 0.15) is 55.6 Å². The van der Waals surface area contributed by atoms with Crippen molar-refractivity contribution in [3.05, 3.63) is 186 Å². The van der Waals surface area contributed by atoms with Gasteiger partial charge in [-0.1, -0.05) is 72.8 Å². The Bertz CT molecular complexity index is 3350. The van der Waals surface area contributed by atoms with Crippen molar-refractivity contribution in [1.82, 2.24) is 0 Å². The molecular formula is C64H64O16. The lowest BCUT2D eigenvalue weighted by Crippen LogP contribution is -2.15. The van der Waals surface area contributed by atoms with Gasteiger partial charge in [0, 0.05) is 60.7 Å². The summed E-state index contributed by atoms with van der Waals surface area (Å²) in [7, 11) is 0. The quantitative estimate of drug-likeness (QED) is 0.104. The standard InChI is InChI=1S/C64H64O16/c1-41-31-59(65)79-53-39-57-55(37-51(41)53)71-23-15-67-19-27-75-61-43-7-3-9-45(61)34-48-12-6-14-50-36-49-13-5-11-47(63(49)77-29-21-69-17-25-73-57)35-46-10-4-8-44(33-43)62(46)76-28-20-68-16-24-72-56-38-52-42(2)32-60(66)80-54(52)40-58(56)74-26-18-70-22-30-78-64(48)50/h3-14,31-32,37-40H,15-30,33-36H2,1-2H3. The Morgan fingerprint density at radius 2 is 0.525 bits per heavy atom. The predicted molar refractivity (Wildman–Crippen MR) is 299 cm³/mol. The molecule has 1 aliphatic carbocycles. The van der Waals surface area contributed by atoms with Crippen LogP contribution >= 0.6 is 0 Å². The SMILES string of the molecule is Cc1cc(=O)oc2cc3c(cc12)OCCOCCOc1c2cccc1Cc1cccc4c1OCCOCCOc1cc5c(C)cc(=O)oc5cc1OCCOCCOc1c(cccc1C2)Cc1cccc(c1OCCOCCO3)C4. The van der Waals surface area contributed by atoms with Crippen molar-refractivity contribution in [1.29, 1.82) is 0 Å². The molecule has 0 radical (unpaired) electrons. The molecule has 12 bridgehead atoms. The second kappa shape index (κ2) is 25.8. The summed E-state index contributed by atoms with van der Waals surface area (Å²) in [4.78, 5) is 24.7. The predicted octanol–water partition coefficient (Wildman–Crippen LogP) is 9.72. The normalized spacial score (nSPS) is 16.3. The minimum atomic E-state index is -0.445. The number of para-hydroxylation sites is 4. The molecule has 416 valence electrons. The van der Waals surface area contributed by atoms with Crippen molar-refractivity contribution in [2.24, 2.45) is 0 Å². The van der Waals surface area contributed by atoms with E-state index in [0.717, 1.165) is 89.4 Å². The minimum Gasteiger partial charge on any atom is -0.491 e. The first-order chi connectivity index (χ1) is 39.3. The fraction of sp³-hybridized carbons (Fsp3) is 0.344. The van der Waals surface area contributed by atoms with E-state index in [1.54, 1.807) is 12.1 Å². The Balaban J connectivity index is 0.946. The highest BCUT2D eigenvalue weighted by atomic mass is 16.6. The maximum Gasteiger partial charge on any atom is 0.336 e. The Hall–Kier alpha value is -8.02. The molecule has 8 aromatic rings. The summed E-state index contributed by atoms with van der Waals surface area (Å²) in [6.07, 6.45) is 1.97. The van der Waals surface area contributed by atoms with Crippen LogP contribution in [0.3, 0.4) is 0 Å². The summed E-state index contributed by atoms with van der Waals surface area (Å²) >= 11 is 0. The highest BCUT2D eigenvalue weighted by Crippen LogP contribution is 2.40. The third-order valence-electron chi connectivity index (χ3n) is 14.1. The van der Waals surface area contributed by atoms with Gasteiger partial charge in [0.25, 0.3) is 0 Å². The molecule has 0 spiro atoms. The molecule has 13 rings (SSSR count). The van der Waals surface area contributed by atoms with Crippen molar-refractivity contribution < 1.29 is 65.7 Å². The van der Waals surface area contributed by atoms with Crippen molar-refractivity contribution in [2.45, 2.75) is 39.5 Å². The van der Waals surface area contributed by atoms with E-state index in [1.165, 1.54) is 12.1 Å². The zero-order chi connectivity index (χ0) is 54.6. The first-order valence-corrected chi connectivity index (χ1v) is 27.2. The van der Waals surface area contributed by atoms with E-state index in [1.807, 2.05) is 26.0 Å². The van der Waals surface area contributed by atoms with E-state index < -0.39 is 11.3 Å². The van der Waals surface area contributed by atoms with Crippen LogP contribution in [0.5, 0.6) is 46.0 Å². The van der Waals surface area contributed by atoms with Crippen LogP contribution in [0.4, 0.5) is 0 Å². The van der Waals surface area contributed by atoms with Gasteiger partial charge >= 0.3 is 11.3 Å². The van der Waals surface area contributed by atoms with Gasteiger partial charge in [0.2, 0.25) is 0 Å². The van der Waals surface area contributed by atoms with Crippen LogP contribution in [0.15, 0.2) is 128 Å². The second-order valence-corrected chi connectivity index (χ2v) is 19.7. The summed E-state index contributed by atoms with van der Waals surface area (Å²) in [6.45, 7) is 7.73. The molecule has 0 saturated carbocycles. The molecule has 6 aromatic carbocycles. The van der Waals surface area contributed by atoms with Crippen LogP contribution in [0, 0.1) is 13.8 Å². The first kappa shape index (κ1) is 54.0. The molecular weight excluding hydrogens is 1020 g/mol. The van der Waals surface area contributed by atoms with Gasteiger partial charge in [-0.3, -0.25) is 0 Å². The molecule has 0 amide bonds. The van der Waals surface area contributed by atoms with E-state index in [9.17, 15) is 9.59 Å². The summed E-state index contributed by atoms with van der Waals surface area (Å²) in [5, 5.41) is 1.48. The summed E-state index contributed by atoms with van der Waals surface area (Å²) in [5.74, 6) is 4.82. The summed E-state index contributed by atoms with van der Waals surface area (Å²) in [6, 6.07) is 35.1. The average Bonchev–Trinajstić information content (AvgIpc) is 3.45. The van der Waals surface area contributed by atoms with Gasteiger partial charge in [-0.15, -0.1) is 0 Å². The van der Waals surface area contributed by atoms with Crippen LogP contribution in [0.2, 0.25) is 0 Å². The fourth-order valence-electron chi connectivity index (χ4n) is 10.4. The molecule has 16 nitrogen and oxygen atoms in total. The smallest absolute Gasteiger partial charge is 0.336 e. The molecule has 0 atom stereocenters. The van der Waals surface area contributed by atoms with Gasteiger partial charge in [-0.25, -0.2) is 9.59 Å². The van der Waals surface area contributed by atoms with Crippen molar-refractivity contribution in [3.63, 3.8) is 0 Å². The fourth-order valence-corrected chi connectivity index (χ4v) is 10.4. The average molecular weight is 1090 g/mol. The van der Waals surface area contributed by atoms with Gasteiger partial charge in [0.15, 0.2) is 23.0 Å². The van der Waals surface area contributed by atoms with E-state index in [2.05, 4.69) is 72.8 Å². The lowest BCUT2D eigenvalue weighted by molar-refractivity contribution is 0.0696. The number of hydrogen-bond donors (Lipinski definition) is 0. The Labute approximate surface area is 462 Å². The summed E-state index contributed by atoms with van der Waals surface area (Å²) < 4.78 is 88.0. The third kappa shape index (κ3) is 13.0. The number of benzene rings is 6. The van der Waals surface area contributed by atoms with E-state index in [-0.39, 0.29) is 106 Å². The van der Waals surface area contributed by atoms with Gasteiger partial charge in [-0.05, 0) is 81.6 Å². The van der Waals surface area contributed by atoms with Crippen LogP contribution in [0.25, 0.3) is 21.9 Å². The van der Waals surface area contributed by atoms with Gasteiger partial charge in [0.05, 0.1) is 52.9 Å². The van der Waals surface area contributed by atoms with Crippen molar-refractivity contribution >= 4 is 21.9 Å².